The van der Waals surface area contributed by atoms with Gasteiger partial charge in [0.15, 0.2) is 0 Å². The van der Waals surface area contributed by atoms with E-state index in [1.807, 2.05) is 0 Å². The average molecular weight is 228 g/mol. The molecular weight excluding hydrogens is 210 g/mol. The number of hydrogen-bond acceptors (Lipinski definition) is 2. The van der Waals surface area contributed by atoms with Gasteiger partial charge >= 0.3 is 0 Å². The summed E-state index contributed by atoms with van der Waals surface area (Å²) in [5.74, 6) is 1.02. The lowest BCUT2D eigenvalue weighted by molar-refractivity contribution is 0.382. The molecule has 2 rings (SSSR count). The lowest BCUT2D eigenvalue weighted by atomic mass is 10.0. The molecule has 0 saturated heterocycles. The lowest BCUT2D eigenvalue weighted by Gasteiger charge is -2.16. The molecule has 0 aliphatic heterocycles. The molecule has 1 aromatic rings. The van der Waals surface area contributed by atoms with Crippen LogP contribution in [0.4, 0.5) is 0 Å². The smallest absolute Gasteiger partial charge is 0.225 e. The topological polar surface area (TPSA) is 30.7 Å². The molecule has 1 aliphatic carbocycles. The fourth-order valence-electron chi connectivity index (χ4n) is 2.26. The van der Waals surface area contributed by atoms with Crippen LogP contribution in [0, 0.1) is 5.41 Å². The average Bonchev–Trinajstić information content (AvgIpc) is 2.89. The van der Waals surface area contributed by atoms with Crippen LogP contribution in [0.3, 0.4) is 0 Å². The summed E-state index contributed by atoms with van der Waals surface area (Å²) in [5, 5.41) is 8.58. The maximum atomic E-state index is 6.05. The van der Waals surface area contributed by atoms with Crippen LogP contribution >= 0.6 is 11.6 Å². The quantitative estimate of drug-likeness (QED) is 0.774. The molecule has 0 radical (unpaired) electrons. The van der Waals surface area contributed by atoms with E-state index in [-0.39, 0.29) is 0 Å². The monoisotopic (exact) mass is 227 g/mol. The Morgan fingerprint density at radius 2 is 2.07 bits per heavy atom. The van der Waals surface area contributed by atoms with Gasteiger partial charge in [0, 0.05) is 13.0 Å². The van der Waals surface area contributed by atoms with Gasteiger partial charge in [0.2, 0.25) is 5.28 Å². The Bertz CT molecular complexity index is 342. The molecule has 0 bridgehead atoms. The summed E-state index contributed by atoms with van der Waals surface area (Å²) in [7, 11) is 0. The van der Waals surface area contributed by atoms with Gasteiger partial charge < -0.3 is 4.57 Å². The van der Waals surface area contributed by atoms with Gasteiger partial charge in [-0.05, 0) is 36.3 Å². The molecule has 1 aromatic heterocycles. The molecule has 84 valence electrons. The minimum atomic E-state index is 0.505. The van der Waals surface area contributed by atoms with Gasteiger partial charge in [-0.25, -0.2) is 0 Å². The first-order valence-corrected chi connectivity index (χ1v) is 6.16. The molecular formula is C11H18ClN3. The predicted octanol–water partition coefficient (Wildman–Crippen LogP) is 3.07. The van der Waals surface area contributed by atoms with Crippen LogP contribution in [0.15, 0.2) is 0 Å². The summed E-state index contributed by atoms with van der Waals surface area (Å²) in [5.41, 5.74) is 0.505. The van der Waals surface area contributed by atoms with E-state index in [1.165, 1.54) is 25.7 Å². The van der Waals surface area contributed by atoms with Gasteiger partial charge in [0.1, 0.15) is 5.82 Å². The number of rotatable bonds is 5. The van der Waals surface area contributed by atoms with E-state index < -0.39 is 0 Å². The normalized spacial score (nSPS) is 18.1. The van der Waals surface area contributed by atoms with Crippen LogP contribution < -0.4 is 0 Å². The third kappa shape index (κ3) is 2.17. The summed E-state index contributed by atoms with van der Waals surface area (Å²) in [4.78, 5) is 0. The zero-order valence-corrected chi connectivity index (χ0v) is 10.2. The maximum Gasteiger partial charge on any atom is 0.225 e. The standard InChI is InChI=1S/C11H18ClN3/c1-3-5-11(6-7-11)8-15-9(4-2)13-14-10(15)12/h3-8H2,1-2H3. The van der Waals surface area contributed by atoms with E-state index in [9.17, 15) is 0 Å². The van der Waals surface area contributed by atoms with Crippen molar-refractivity contribution in [1.29, 1.82) is 0 Å². The van der Waals surface area contributed by atoms with Crippen LogP contribution in [0.5, 0.6) is 0 Å². The molecule has 0 N–H and O–H groups in total. The number of nitrogens with zero attached hydrogens (tertiary/aromatic N) is 3. The van der Waals surface area contributed by atoms with Gasteiger partial charge in [0.25, 0.3) is 0 Å². The fourth-order valence-corrected chi connectivity index (χ4v) is 2.46. The third-order valence-corrected chi connectivity index (χ3v) is 3.61. The molecule has 4 heteroatoms. The van der Waals surface area contributed by atoms with Crippen molar-refractivity contribution in [3.05, 3.63) is 11.1 Å². The predicted molar refractivity (Wildman–Crippen MR) is 61.0 cm³/mol. The second-order valence-electron chi connectivity index (χ2n) is 4.57. The Kier molecular flexibility index (Phi) is 3.01. The lowest BCUT2D eigenvalue weighted by Crippen LogP contribution is -2.14. The van der Waals surface area contributed by atoms with E-state index in [4.69, 9.17) is 11.6 Å². The molecule has 1 aliphatic rings. The van der Waals surface area contributed by atoms with Gasteiger partial charge in [-0.15, -0.1) is 10.2 Å². The molecule has 3 nitrogen and oxygen atoms in total. The highest BCUT2D eigenvalue weighted by Crippen LogP contribution is 2.51. The molecule has 0 amide bonds. The molecule has 0 aromatic carbocycles. The highest BCUT2D eigenvalue weighted by atomic mass is 35.5. The van der Waals surface area contributed by atoms with E-state index >= 15 is 0 Å². The van der Waals surface area contributed by atoms with Crippen molar-refractivity contribution in [2.45, 2.75) is 52.5 Å². The largest absolute Gasteiger partial charge is 0.301 e. The Labute approximate surface area is 95.8 Å². The van der Waals surface area contributed by atoms with Crippen LogP contribution in [0.1, 0.15) is 45.4 Å². The van der Waals surface area contributed by atoms with Crippen molar-refractivity contribution in [3.8, 4) is 0 Å². The Hall–Kier alpha value is -0.570. The van der Waals surface area contributed by atoms with Crippen LogP contribution in [-0.4, -0.2) is 14.8 Å². The minimum absolute atomic E-state index is 0.505. The molecule has 15 heavy (non-hydrogen) atoms. The molecule has 1 heterocycles. The zero-order valence-electron chi connectivity index (χ0n) is 9.46. The Morgan fingerprint density at radius 3 is 2.60 bits per heavy atom. The van der Waals surface area contributed by atoms with E-state index in [2.05, 4.69) is 28.6 Å². The Morgan fingerprint density at radius 1 is 1.33 bits per heavy atom. The van der Waals surface area contributed by atoms with Crippen molar-refractivity contribution in [2.75, 3.05) is 0 Å². The summed E-state index contributed by atoms with van der Waals surface area (Å²) in [6, 6.07) is 0. The molecule has 0 spiro atoms. The van der Waals surface area contributed by atoms with Crippen molar-refractivity contribution in [2.24, 2.45) is 5.41 Å². The van der Waals surface area contributed by atoms with E-state index in [1.54, 1.807) is 0 Å². The highest BCUT2D eigenvalue weighted by molar-refractivity contribution is 6.28. The summed E-state index contributed by atoms with van der Waals surface area (Å²) < 4.78 is 2.09. The number of aryl methyl sites for hydroxylation is 1. The summed E-state index contributed by atoms with van der Waals surface area (Å²) in [6.45, 7) is 5.35. The minimum Gasteiger partial charge on any atom is -0.301 e. The third-order valence-electron chi connectivity index (χ3n) is 3.33. The molecule has 0 unspecified atom stereocenters. The van der Waals surface area contributed by atoms with Gasteiger partial charge in [-0.1, -0.05) is 20.3 Å². The first-order valence-electron chi connectivity index (χ1n) is 5.78. The Balaban J connectivity index is 2.13. The highest BCUT2D eigenvalue weighted by Gasteiger charge is 2.42. The maximum absolute atomic E-state index is 6.05. The van der Waals surface area contributed by atoms with E-state index in [0.29, 0.717) is 10.7 Å². The van der Waals surface area contributed by atoms with Crippen molar-refractivity contribution in [3.63, 3.8) is 0 Å². The van der Waals surface area contributed by atoms with E-state index in [0.717, 1.165) is 18.8 Å². The van der Waals surface area contributed by atoms with Crippen molar-refractivity contribution < 1.29 is 0 Å². The van der Waals surface area contributed by atoms with Crippen molar-refractivity contribution in [1.82, 2.24) is 14.8 Å². The van der Waals surface area contributed by atoms with Crippen LogP contribution in [0.2, 0.25) is 5.28 Å². The summed E-state index contributed by atoms with van der Waals surface area (Å²) in [6.07, 6.45) is 6.12. The molecule has 0 atom stereocenters. The van der Waals surface area contributed by atoms with Gasteiger partial charge in [-0.2, -0.15) is 0 Å². The molecule has 1 fully saturated rings. The number of aromatic nitrogens is 3. The summed E-state index contributed by atoms with van der Waals surface area (Å²) >= 11 is 6.05. The first-order chi connectivity index (χ1) is 7.21. The zero-order chi connectivity index (χ0) is 10.9. The van der Waals surface area contributed by atoms with Gasteiger partial charge in [0.05, 0.1) is 0 Å². The van der Waals surface area contributed by atoms with Crippen LogP contribution in [0.25, 0.3) is 0 Å². The SMILES string of the molecule is CCCC1(Cn2c(Cl)nnc2CC)CC1. The molecule has 1 saturated carbocycles. The number of halogens is 1. The first kappa shape index (κ1) is 10.9. The van der Waals surface area contributed by atoms with Crippen LogP contribution in [-0.2, 0) is 13.0 Å². The second kappa shape index (κ2) is 4.12. The fraction of sp³-hybridized carbons (Fsp3) is 0.818. The number of hydrogen-bond donors (Lipinski definition) is 0. The van der Waals surface area contributed by atoms with Gasteiger partial charge in [-0.3, -0.25) is 0 Å². The van der Waals surface area contributed by atoms with Crippen molar-refractivity contribution >= 4 is 11.6 Å². The second-order valence-corrected chi connectivity index (χ2v) is 4.91.